The van der Waals surface area contributed by atoms with Crippen LogP contribution < -0.4 is 10.5 Å². The van der Waals surface area contributed by atoms with Crippen LogP contribution in [0.5, 0.6) is 0 Å². The fraction of sp³-hybridized carbons (Fsp3) is 0.346. The van der Waals surface area contributed by atoms with Crippen molar-refractivity contribution in [1.82, 2.24) is 9.55 Å². The third kappa shape index (κ3) is 7.66. The van der Waals surface area contributed by atoms with Crippen LogP contribution in [0.2, 0.25) is 5.02 Å². The van der Waals surface area contributed by atoms with Crippen molar-refractivity contribution in [2.75, 3.05) is 18.1 Å². The van der Waals surface area contributed by atoms with Gasteiger partial charge in [-0.2, -0.15) is 39.5 Å². The summed E-state index contributed by atoms with van der Waals surface area (Å²) < 4.78 is 135. The molecule has 0 saturated heterocycles. The quantitative estimate of drug-likeness (QED) is 0.127. The van der Waals surface area contributed by atoms with E-state index >= 15 is 0 Å². The van der Waals surface area contributed by atoms with Crippen molar-refractivity contribution in [3.8, 4) is 0 Å². The Morgan fingerprint density at radius 3 is 2.09 bits per heavy atom. The van der Waals surface area contributed by atoms with Gasteiger partial charge in [0.25, 0.3) is 5.56 Å². The Bertz CT molecular complexity index is 1560. The van der Waals surface area contributed by atoms with Crippen LogP contribution in [0.25, 0.3) is 0 Å². The van der Waals surface area contributed by atoms with Crippen molar-refractivity contribution in [2.24, 2.45) is 0 Å². The van der Waals surface area contributed by atoms with Gasteiger partial charge in [0.15, 0.2) is 5.69 Å². The summed E-state index contributed by atoms with van der Waals surface area (Å²) in [7, 11) is 0. The molecule has 3 aromatic rings. The van der Waals surface area contributed by atoms with Crippen LogP contribution >= 0.6 is 27.5 Å². The Kier molecular flexibility index (Phi) is 10.7. The van der Waals surface area contributed by atoms with Crippen molar-refractivity contribution in [2.45, 2.75) is 45.1 Å². The van der Waals surface area contributed by atoms with Crippen LogP contribution in [-0.2, 0) is 39.3 Å². The Morgan fingerprint density at radius 2 is 1.59 bits per heavy atom. The van der Waals surface area contributed by atoms with Gasteiger partial charge in [-0.15, -0.1) is 0 Å². The number of nitrogens with zero attached hydrogens (tertiary/aromatic N) is 3. The van der Waals surface area contributed by atoms with Crippen molar-refractivity contribution in [1.29, 1.82) is 0 Å². The summed E-state index contributed by atoms with van der Waals surface area (Å²) in [6.07, 6.45) is -18.7. The number of carbonyl (C=O) groups excluding carboxylic acids is 1. The number of aromatic nitrogens is 2. The summed E-state index contributed by atoms with van der Waals surface area (Å²) in [4.78, 5) is 30.1. The van der Waals surface area contributed by atoms with E-state index in [0.717, 1.165) is 0 Å². The summed E-state index contributed by atoms with van der Waals surface area (Å²) in [5.41, 5.74) is -8.37. The zero-order valence-electron chi connectivity index (χ0n) is 22.4. The fourth-order valence-corrected chi connectivity index (χ4v) is 4.75. The van der Waals surface area contributed by atoms with Crippen LogP contribution in [-0.4, -0.2) is 35.0 Å². The van der Waals surface area contributed by atoms with Crippen LogP contribution in [0.1, 0.15) is 36.2 Å². The zero-order valence-corrected chi connectivity index (χ0v) is 24.7. The predicted molar refractivity (Wildman–Crippen MR) is 142 cm³/mol. The fourth-order valence-electron chi connectivity index (χ4n) is 3.91. The number of carbonyl (C=O) groups is 1. The Hall–Kier alpha value is -3.31. The minimum atomic E-state index is -5.52. The topological polar surface area (TPSA) is 73.7 Å². The number of halogens is 11. The van der Waals surface area contributed by atoms with Gasteiger partial charge in [0.05, 0.1) is 35.0 Å². The van der Waals surface area contributed by atoms with Crippen LogP contribution in [0.15, 0.2) is 51.7 Å². The number of esters is 1. The second kappa shape index (κ2) is 13.4. The van der Waals surface area contributed by atoms with Gasteiger partial charge in [-0.25, -0.2) is 9.78 Å². The predicted octanol–water partition coefficient (Wildman–Crippen LogP) is 7.83. The van der Waals surface area contributed by atoms with Crippen LogP contribution in [0, 0.1) is 0 Å². The molecule has 18 heteroatoms. The highest BCUT2D eigenvalue weighted by Gasteiger charge is 2.44. The van der Waals surface area contributed by atoms with Gasteiger partial charge >= 0.3 is 24.5 Å². The van der Waals surface area contributed by atoms with Gasteiger partial charge in [0.2, 0.25) is 12.2 Å². The number of benzene rings is 2. The maximum atomic E-state index is 14.1. The summed E-state index contributed by atoms with van der Waals surface area (Å²) >= 11 is 8.57. The smallest absolute Gasteiger partial charge is 0.434 e. The molecule has 0 aliphatic rings. The monoisotopic (exact) mass is 723 g/mol. The van der Waals surface area contributed by atoms with Crippen molar-refractivity contribution in [3.63, 3.8) is 0 Å². The van der Waals surface area contributed by atoms with Crippen molar-refractivity contribution < 1.29 is 53.8 Å². The number of ether oxygens (including phenoxy) is 2. The first-order valence-corrected chi connectivity index (χ1v) is 13.5. The highest BCUT2D eigenvalue weighted by atomic mass is 79.9. The first-order valence-electron chi connectivity index (χ1n) is 12.3. The lowest BCUT2D eigenvalue weighted by atomic mass is 10.1. The first-order chi connectivity index (χ1) is 20.3. The zero-order chi connectivity index (χ0) is 33.2. The van der Waals surface area contributed by atoms with E-state index in [1.54, 1.807) is 6.07 Å². The second-order valence-corrected chi connectivity index (χ2v) is 9.90. The molecule has 44 heavy (non-hydrogen) atoms. The number of hydrogen-bond acceptors (Lipinski definition) is 6. The molecule has 0 fully saturated rings. The number of hydrogen-bond donors (Lipinski definition) is 0. The second-order valence-electron chi connectivity index (χ2n) is 8.73. The standard InChI is InChI=1S/C26H20BrClF9N3O4/c1-3-43-21(22(42)44-4-2)40(16-11-14(24(29,30)31)10-15(18(16)28)25(32,33)34)23-38-19(26(35,36)37)17(27)20(41)39(23)12-13-8-6-5-7-9-13/h5-11,21H,3-4,12H2,1-2H3. The average molecular weight is 725 g/mol. The van der Waals surface area contributed by atoms with Gasteiger partial charge in [0.1, 0.15) is 4.47 Å². The van der Waals surface area contributed by atoms with Gasteiger partial charge in [-0.3, -0.25) is 14.3 Å². The van der Waals surface area contributed by atoms with Gasteiger partial charge in [-0.05, 0) is 47.5 Å². The molecule has 3 rings (SSSR count). The third-order valence-electron chi connectivity index (χ3n) is 5.75. The molecule has 0 spiro atoms. The molecule has 0 amide bonds. The van der Waals surface area contributed by atoms with E-state index in [1.807, 2.05) is 0 Å². The SMILES string of the molecule is CCOC(=O)C(OCC)N(c1cc(C(F)(F)F)cc(C(F)(F)F)c1Cl)c1nc(C(F)(F)F)c(Br)c(=O)n1Cc1ccccc1. The molecule has 0 aliphatic carbocycles. The lowest BCUT2D eigenvalue weighted by Gasteiger charge is -2.34. The number of alkyl halides is 9. The van der Waals surface area contributed by atoms with E-state index in [0.29, 0.717) is 4.57 Å². The van der Waals surface area contributed by atoms with Crippen molar-refractivity contribution >= 4 is 45.1 Å². The van der Waals surface area contributed by atoms with Crippen LogP contribution in [0.3, 0.4) is 0 Å². The molecular formula is C26H20BrClF9N3O4. The Morgan fingerprint density at radius 1 is 0.977 bits per heavy atom. The first kappa shape index (κ1) is 35.2. The molecular weight excluding hydrogens is 705 g/mol. The lowest BCUT2D eigenvalue weighted by molar-refractivity contribution is -0.155. The maximum Gasteiger partial charge on any atom is 0.434 e. The molecule has 0 radical (unpaired) electrons. The normalized spacial score (nSPS) is 13.1. The summed E-state index contributed by atoms with van der Waals surface area (Å²) in [6, 6.07) is 7.16. The lowest BCUT2D eigenvalue weighted by Crippen LogP contribution is -2.45. The Balaban J connectivity index is 2.60. The van der Waals surface area contributed by atoms with Crippen LogP contribution in [0.4, 0.5) is 51.1 Å². The number of rotatable bonds is 9. The summed E-state index contributed by atoms with van der Waals surface area (Å²) in [6.45, 7) is 1.11. The van der Waals surface area contributed by atoms with Gasteiger partial charge in [0, 0.05) is 6.61 Å². The highest BCUT2D eigenvalue weighted by molar-refractivity contribution is 9.10. The van der Waals surface area contributed by atoms with E-state index in [1.165, 1.54) is 38.1 Å². The minimum absolute atomic E-state index is 0.0666. The molecule has 240 valence electrons. The minimum Gasteiger partial charge on any atom is -0.463 e. The largest absolute Gasteiger partial charge is 0.463 e. The molecule has 1 aromatic heterocycles. The molecule has 0 saturated carbocycles. The van der Waals surface area contributed by atoms with E-state index in [-0.39, 0.29) is 22.6 Å². The number of anilines is 2. The average Bonchev–Trinajstić information content (AvgIpc) is 2.91. The molecule has 0 bridgehead atoms. The van der Waals surface area contributed by atoms with E-state index < -0.39 is 94.0 Å². The van der Waals surface area contributed by atoms with E-state index in [2.05, 4.69) is 20.9 Å². The molecule has 1 atom stereocenters. The van der Waals surface area contributed by atoms with E-state index in [9.17, 15) is 49.1 Å². The van der Waals surface area contributed by atoms with Gasteiger partial charge in [-0.1, -0.05) is 41.9 Å². The molecule has 1 unspecified atom stereocenters. The third-order valence-corrected chi connectivity index (χ3v) is 6.87. The summed E-state index contributed by atoms with van der Waals surface area (Å²) in [5.74, 6) is -2.68. The van der Waals surface area contributed by atoms with E-state index in [4.69, 9.17) is 21.1 Å². The summed E-state index contributed by atoms with van der Waals surface area (Å²) in [5, 5.41) is -1.46. The molecule has 7 nitrogen and oxygen atoms in total. The molecule has 0 N–H and O–H groups in total. The highest BCUT2D eigenvalue weighted by Crippen LogP contribution is 2.46. The molecule has 2 aromatic carbocycles. The van der Waals surface area contributed by atoms with Gasteiger partial charge < -0.3 is 9.47 Å². The van der Waals surface area contributed by atoms with Crippen molar-refractivity contribution in [3.05, 3.63) is 84.7 Å². The maximum absolute atomic E-state index is 14.1. The molecule has 0 aliphatic heterocycles. The Labute approximate surface area is 256 Å². The molecule has 1 heterocycles.